The van der Waals surface area contributed by atoms with Gasteiger partial charge < -0.3 is 0 Å². The van der Waals surface area contributed by atoms with Crippen LogP contribution in [0.2, 0.25) is 0 Å². The van der Waals surface area contributed by atoms with E-state index in [1.165, 1.54) is 12.1 Å². The molecule has 0 aliphatic carbocycles. The lowest BCUT2D eigenvalue weighted by Crippen LogP contribution is -1.89. The monoisotopic (exact) mass is 263 g/mol. The minimum atomic E-state index is -0.220. The highest BCUT2D eigenvalue weighted by atomic mass is 19.1. The lowest BCUT2D eigenvalue weighted by Gasteiger charge is -2.07. The van der Waals surface area contributed by atoms with Crippen LogP contribution in [-0.4, -0.2) is 4.98 Å². The van der Waals surface area contributed by atoms with Gasteiger partial charge in [0.15, 0.2) is 0 Å². The Bertz CT molecular complexity index is 718. The van der Waals surface area contributed by atoms with Crippen molar-refractivity contribution in [3.05, 3.63) is 78.2 Å². The Kier molecular flexibility index (Phi) is 3.30. The fourth-order valence-corrected chi connectivity index (χ4v) is 2.23. The molecule has 0 amide bonds. The van der Waals surface area contributed by atoms with Gasteiger partial charge in [0.1, 0.15) is 5.82 Å². The molecule has 1 heterocycles. The molecule has 0 bridgehead atoms. The van der Waals surface area contributed by atoms with Gasteiger partial charge in [0.25, 0.3) is 0 Å². The number of aryl methyl sites for hydroxylation is 1. The van der Waals surface area contributed by atoms with Gasteiger partial charge in [-0.15, -0.1) is 0 Å². The number of halogens is 1. The predicted octanol–water partition coefficient (Wildman–Crippen LogP) is 4.86. The summed E-state index contributed by atoms with van der Waals surface area (Å²) in [7, 11) is 0. The van der Waals surface area contributed by atoms with E-state index in [4.69, 9.17) is 0 Å². The standard InChI is InChI=1S/C18H14FN/c1-13-11-16(14-7-9-17(19)10-8-14)12-18(20-13)15-5-3-2-4-6-15/h2-12H,1H3. The van der Waals surface area contributed by atoms with Gasteiger partial charge in [-0.2, -0.15) is 0 Å². The van der Waals surface area contributed by atoms with Crippen LogP contribution in [0.5, 0.6) is 0 Å². The Hall–Kier alpha value is -2.48. The maximum absolute atomic E-state index is 13.0. The van der Waals surface area contributed by atoms with E-state index in [1.54, 1.807) is 12.1 Å². The summed E-state index contributed by atoms with van der Waals surface area (Å²) in [5.41, 5.74) is 5.01. The van der Waals surface area contributed by atoms with Crippen LogP contribution >= 0.6 is 0 Å². The molecule has 2 aromatic carbocycles. The predicted molar refractivity (Wildman–Crippen MR) is 79.8 cm³/mol. The normalized spacial score (nSPS) is 10.5. The van der Waals surface area contributed by atoms with E-state index in [2.05, 4.69) is 4.98 Å². The molecule has 0 fully saturated rings. The number of rotatable bonds is 2. The highest BCUT2D eigenvalue weighted by molar-refractivity contribution is 5.70. The lowest BCUT2D eigenvalue weighted by molar-refractivity contribution is 0.628. The fraction of sp³-hybridized carbons (Fsp3) is 0.0556. The third-order valence-corrected chi connectivity index (χ3v) is 3.20. The molecule has 0 saturated heterocycles. The zero-order chi connectivity index (χ0) is 13.9. The van der Waals surface area contributed by atoms with Crippen molar-refractivity contribution in [2.75, 3.05) is 0 Å². The van der Waals surface area contributed by atoms with E-state index in [0.29, 0.717) is 0 Å². The SMILES string of the molecule is Cc1cc(-c2ccc(F)cc2)cc(-c2ccccc2)n1. The zero-order valence-electron chi connectivity index (χ0n) is 11.2. The van der Waals surface area contributed by atoms with Gasteiger partial charge in [0, 0.05) is 11.3 Å². The first-order valence-corrected chi connectivity index (χ1v) is 6.52. The third kappa shape index (κ3) is 2.59. The van der Waals surface area contributed by atoms with Crippen LogP contribution in [-0.2, 0) is 0 Å². The summed E-state index contributed by atoms with van der Waals surface area (Å²) < 4.78 is 13.0. The number of nitrogens with zero attached hydrogens (tertiary/aromatic N) is 1. The van der Waals surface area contributed by atoms with Crippen LogP contribution in [0.4, 0.5) is 4.39 Å². The molecule has 2 heteroatoms. The van der Waals surface area contributed by atoms with Crippen molar-refractivity contribution in [3.8, 4) is 22.4 Å². The van der Waals surface area contributed by atoms with Crippen molar-refractivity contribution in [1.29, 1.82) is 0 Å². The molecule has 0 saturated carbocycles. The minimum Gasteiger partial charge on any atom is -0.253 e. The zero-order valence-corrected chi connectivity index (χ0v) is 11.2. The first-order chi connectivity index (χ1) is 9.72. The van der Waals surface area contributed by atoms with Gasteiger partial charge in [-0.1, -0.05) is 42.5 Å². The topological polar surface area (TPSA) is 12.9 Å². The van der Waals surface area contributed by atoms with Crippen molar-refractivity contribution in [1.82, 2.24) is 4.98 Å². The third-order valence-electron chi connectivity index (χ3n) is 3.20. The molecule has 98 valence electrons. The molecule has 0 spiro atoms. The number of pyridine rings is 1. The number of benzene rings is 2. The Labute approximate surface area is 117 Å². The summed E-state index contributed by atoms with van der Waals surface area (Å²) in [6.07, 6.45) is 0. The Morgan fingerprint density at radius 3 is 2.15 bits per heavy atom. The Morgan fingerprint density at radius 2 is 1.45 bits per heavy atom. The summed E-state index contributed by atoms with van der Waals surface area (Å²) in [6, 6.07) is 20.6. The van der Waals surface area contributed by atoms with Crippen molar-refractivity contribution >= 4 is 0 Å². The average Bonchev–Trinajstić information content (AvgIpc) is 2.48. The summed E-state index contributed by atoms with van der Waals surface area (Å²) in [5.74, 6) is -0.220. The maximum Gasteiger partial charge on any atom is 0.123 e. The number of hydrogen-bond donors (Lipinski definition) is 0. The first kappa shape index (κ1) is 12.5. The number of hydrogen-bond acceptors (Lipinski definition) is 1. The van der Waals surface area contributed by atoms with Gasteiger partial charge in [-0.25, -0.2) is 4.39 Å². The Balaban J connectivity index is 2.09. The molecule has 1 nitrogen and oxygen atoms in total. The largest absolute Gasteiger partial charge is 0.253 e. The van der Waals surface area contributed by atoms with E-state index in [9.17, 15) is 4.39 Å². The van der Waals surface area contributed by atoms with Crippen LogP contribution < -0.4 is 0 Å². The quantitative estimate of drug-likeness (QED) is 0.643. The average molecular weight is 263 g/mol. The molecule has 0 N–H and O–H groups in total. The maximum atomic E-state index is 13.0. The summed E-state index contributed by atoms with van der Waals surface area (Å²) in [4.78, 5) is 4.57. The molecule has 3 aromatic rings. The van der Waals surface area contributed by atoms with Crippen LogP contribution in [0, 0.1) is 12.7 Å². The van der Waals surface area contributed by atoms with Gasteiger partial charge in [0.05, 0.1) is 5.69 Å². The minimum absolute atomic E-state index is 0.220. The molecular formula is C18H14FN. The lowest BCUT2D eigenvalue weighted by atomic mass is 10.0. The van der Waals surface area contributed by atoms with Crippen molar-refractivity contribution < 1.29 is 4.39 Å². The summed E-state index contributed by atoms with van der Waals surface area (Å²) in [6.45, 7) is 1.97. The van der Waals surface area contributed by atoms with E-state index in [-0.39, 0.29) is 5.82 Å². The summed E-state index contributed by atoms with van der Waals surface area (Å²) >= 11 is 0. The van der Waals surface area contributed by atoms with Gasteiger partial charge >= 0.3 is 0 Å². The van der Waals surface area contributed by atoms with Crippen LogP contribution in [0.25, 0.3) is 22.4 Å². The fourth-order valence-electron chi connectivity index (χ4n) is 2.23. The first-order valence-electron chi connectivity index (χ1n) is 6.52. The molecule has 3 rings (SSSR count). The highest BCUT2D eigenvalue weighted by Gasteiger charge is 2.05. The second kappa shape index (κ2) is 5.25. The van der Waals surface area contributed by atoms with Crippen LogP contribution in [0.15, 0.2) is 66.7 Å². The van der Waals surface area contributed by atoms with Gasteiger partial charge in [-0.05, 0) is 42.3 Å². The van der Waals surface area contributed by atoms with Crippen LogP contribution in [0.3, 0.4) is 0 Å². The van der Waals surface area contributed by atoms with E-state index in [1.807, 2.05) is 49.4 Å². The molecule has 0 aliphatic rings. The summed E-state index contributed by atoms with van der Waals surface area (Å²) in [5, 5.41) is 0. The van der Waals surface area contributed by atoms with Crippen molar-refractivity contribution in [2.45, 2.75) is 6.92 Å². The second-order valence-corrected chi connectivity index (χ2v) is 4.76. The van der Waals surface area contributed by atoms with E-state index in [0.717, 1.165) is 28.1 Å². The molecule has 20 heavy (non-hydrogen) atoms. The molecule has 0 radical (unpaired) electrons. The molecule has 1 aromatic heterocycles. The van der Waals surface area contributed by atoms with Crippen LogP contribution in [0.1, 0.15) is 5.69 Å². The highest BCUT2D eigenvalue weighted by Crippen LogP contribution is 2.25. The molecule has 0 atom stereocenters. The van der Waals surface area contributed by atoms with Crippen molar-refractivity contribution in [2.24, 2.45) is 0 Å². The van der Waals surface area contributed by atoms with E-state index < -0.39 is 0 Å². The van der Waals surface area contributed by atoms with Gasteiger partial charge in [0.2, 0.25) is 0 Å². The smallest absolute Gasteiger partial charge is 0.123 e. The molecular weight excluding hydrogens is 249 g/mol. The molecule has 0 aliphatic heterocycles. The van der Waals surface area contributed by atoms with Crippen molar-refractivity contribution in [3.63, 3.8) is 0 Å². The van der Waals surface area contributed by atoms with Gasteiger partial charge in [-0.3, -0.25) is 4.98 Å². The second-order valence-electron chi connectivity index (χ2n) is 4.76. The Morgan fingerprint density at radius 1 is 0.750 bits per heavy atom. The molecule has 0 unspecified atom stereocenters. The van der Waals surface area contributed by atoms with E-state index >= 15 is 0 Å². The number of aromatic nitrogens is 1.